The van der Waals surface area contributed by atoms with Gasteiger partial charge in [0.05, 0.1) is 0 Å². The second-order valence-corrected chi connectivity index (χ2v) is 7.40. The zero-order valence-electron chi connectivity index (χ0n) is 11.5. The molecule has 0 atom stereocenters. The fourth-order valence-electron chi connectivity index (χ4n) is 1.85. The van der Waals surface area contributed by atoms with Crippen LogP contribution in [-0.4, -0.2) is 31.1 Å². The molecule has 0 saturated heterocycles. The van der Waals surface area contributed by atoms with E-state index in [2.05, 4.69) is 4.72 Å². The van der Waals surface area contributed by atoms with Crippen LogP contribution in [0.4, 0.5) is 0 Å². The van der Waals surface area contributed by atoms with Crippen molar-refractivity contribution >= 4 is 21.8 Å². The van der Waals surface area contributed by atoms with E-state index in [1.54, 1.807) is 23.9 Å². The molecule has 1 aromatic rings. The first kappa shape index (κ1) is 16.3. The Bertz CT molecular complexity index is 502. The molecule has 2 N–H and O–H groups in total. The predicted octanol–water partition coefficient (Wildman–Crippen LogP) is 2.59. The van der Waals surface area contributed by atoms with Gasteiger partial charge in [-0.1, -0.05) is 26.0 Å². The third kappa shape index (κ3) is 3.87. The molecule has 0 radical (unpaired) electrons. The van der Waals surface area contributed by atoms with Crippen LogP contribution in [-0.2, 0) is 10.0 Å². The van der Waals surface area contributed by atoms with Gasteiger partial charge in [0.1, 0.15) is 10.6 Å². The molecule has 0 aliphatic heterocycles. The second-order valence-electron chi connectivity index (χ2n) is 4.39. The highest BCUT2D eigenvalue weighted by molar-refractivity contribution is 8.00. The molecule has 0 bridgehead atoms. The van der Waals surface area contributed by atoms with Crippen molar-refractivity contribution in [3.63, 3.8) is 0 Å². The summed E-state index contributed by atoms with van der Waals surface area (Å²) in [6.45, 7) is 4.46. The third-order valence-corrected chi connectivity index (χ3v) is 6.50. The summed E-state index contributed by atoms with van der Waals surface area (Å²) in [6, 6.07) is 5.96. The standard InChI is InChI=1S/C13H21NO3S2/c1-4-13(5-2,18-3)10-14-19(16,17)12-9-7-6-8-11(12)15/h6-9,14-15H,4-5,10H2,1-3H3. The molecule has 1 rings (SSSR count). The van der Waals surface area contributed by atoms with Gasteiger partial charge >= 0.3 is 0 Å². The highest BCUT2D eigenvalue weighted by Gasteiger charge is 2.28. The maximum atomic E-state index is 12.2. The van der Waals surface area contributed by atoms with E-state index in [1.165, 1.54) is 12.1 Å². The Morgan fingerprint density at radius 3 is 2.32 bits per heavy atom. The van der Waals surface area contributed by atoms with Crippen molar-refractivity contribution in [2.24, 2.45) is 0 Å². The number of sulfonamides is 1. The number of thioether (sulfide) groups is 1. The molecule has 108 valence electrons. The molecule has 1 aromatic carbocycles. The lowest BCUT2D eigenvalue weighted by atomic mass is 10.0. The molecule has 6 heteroatoms. The lowest BCUT2D eigenvalue weighted by Crippen LogP contribution is -2.39. The first-order chi connectivity index (χ1) is 8.90. The van der Waals surface area contributed by atoms with Gasteiger partial charge in [0.25, 0.3) is 0 Å². The number of para-hydroxylation sites is 1. The van der Waals surface area contributed by atoms with E-state index in [1.807, 2.05) is 20.1 Å². The number of nitrogens with one attached hydrogen (secondary N) is 1. The topological polar surface area (TPSA) is 66.4 Å². The van der Waals surface area contributed by atoms with Gasteiger partial charge in [0.15, 0.2) is 0 Å². The quantitative estimate of drug-likeness (QED) is 0.812. The molecule has 0 aromatic heterocycles. The number of phenolic OH excluding ortho intramolecular Hbond substituents is 1. The summed E-state index contributed by atoms with van der Waals surface area (Å²) in [5.41, 5.74) is 0. The molecule has 0 spiro atoms. The summed E-state index contributed by atoms with van der Waals surface area (Å²) in [4.78, 5) is -0.0720. The van der Waals surface area contributed by atoms with E-state index in [4.69, 9.17) is 0 Å². The minimum atomic E-state index is -3.67. The zero-order chi connectivity index (χ0) is 14.5. The van der Waals surface area contributed by atoms with E-state index in [9.17, 15) is 13.5 Å². The Labute approximate surface area is 119 Å². The highest BCUT2D eigenvalue weighted by Crippen LogP contribution is 2.30. The second kappa shape index (κ2) is 6.63. The van der Waals surface area contributed by atoms with Crippen molar-refractivity contribution in [1.82, 2.24) is 4.72 Å². The van der Waals surface area contributed by atoms with Gasteiger partial charge in [0.2, 0.25) is 10.0 Å². The third-order valence-electron chi connectivity index (χ3n) is 3.46. The van der Waals surface area contributed by atoms with Crippen molar-refractivity contribution in [3.05, 3.63) is 24.3 Å². The maximum Gasteiger partial charge on any atom is 0.244 e. The fraction of sp³-hybridized carbons (Fsp3) is 0.538. The predicted molar refractivity (Wildman–Crippen MR) is 80.1 cm³/mol. The van der Waals surface area contributed by atoms with Crippen LogP contribution in [0.2, 0.25) is 0 Å². The van der Waals surface area contributed by atoms with Gasteiger partial charge in [0, 0.05) is 11.3 Å². The number of benzene rings is 1. The molecular formula is C13H21NO3S2. The van der Waals surface area contributed by atoms with Gasteiger partial charge in [-0.25, -0.2) is 13.1 Å². The summed E-state index contributed by atoms with van der Waals surface area (Å²) in [7, 11) is -3.67. The molecule has 0 fully saturated rings. The first-order valence-electron chi connectivity index (χ1n) is 6.23. The molecule has 0 amide bonds. The highest BCUT2D eigenvalue weighted by atomic mass is 32.2. The lowest BCUT2D eigenvalue weighted by molar-refractivity contribution is 0.456. The van der Waals surface area contributed by atoms with E-state index < -0.39 is 10.0 Å². The van der Waals surface area contributed by atoms with E-state index >= 15 is 0 Å². The Morgan fingerprint density at radius 1 is 1.26 bits per heavy atom. The van der Waals surface area contributed by atoms with Crippen LogP contribution in [0.1, 0.15) is 26.7 Å². The molecule has 0 aliphatic rings. The Balaban J connectivity index is 2.90. The first-order valence-corrected chi connectivity index (χ1v) is 8.94. The van der Waals surface area contributed by atoms with Crippen LogP contribution in [0.5, 0.6) is 5.75 Å². The fourth-order valence-corrected chi connectivity index (χ4v) is 3.96. The smallest absolute Gasteiger partial charge is 0.244 e. The van der Waals surface area contributed by atoms with Crippen LogP contribution >= 0.6 is 11.8 Å². The summed E-state index contributed by atoms with van der Waals surface area (Å²) >= 11 is 1.67. The number of rotatable bonds is 7. The summed E-state index contributed by atoms with van der Waals surface area (Å²) in [6.07, 6.45) is 3.75. The minimum Gasteiger partial charge on any atom is -0.507 e. The number of aromatic hydroxyl groups is 1. The van der Waals surface area contributed by atoms with E-state index in [0.717, 1.165) is 12.8 Å². The average Bonchev–Trinajstić information content (AvgIpc) is 2.41. The van der Waals surface area contributed by atoms with Gasteiger partial charge in [-0.15, -0.1) is 0 Å². The van der Waals surface area contributed by atoms with Crippen molar-refractivity contribution in [1.29, 1.82) is 0 Å². The monoisotopic (exact) mass is 303 g/mol. The summed E-state index contributed by atoms with van der Waals surface area (Å²) in [5.74, 6) is -0.224. The molecule has 19 heavy (non-hydrogen) atoms. The summed E-state index contributed by atoms with van der Waals surface area (Å²) in [5, 5.41) is 9.62. The van der Waals surface area contributed by atoms with E-state index in [-0.39, 0.29) is 15.4 Å². The molecular weight excluding hydrogens is 282 g/mol. The maximum absolute atomic E-state index is 12.2. The van der Waals surface area contributed by atoms with Crippen molar-refractivity contribution in [2.45, 2.75) is 36.3 Å². The van der Waals surface area contributed by atoms with Gasteiger partial charge < -0.3 is 5.11 Å². The van der Waals surface area contributed by atoms with E-state index in [0.29, 0.717) is 6.54 Å². The Kier molecular flexibility index (Phi) is 5.70. The SMILES string of the molecule is CCC(CC)(CNS(=O)(=O)c1ccccc1O)SC. The van der Waals surface area contributed by atoms with Crippen LogP contribution in [0, 0.1) is 0 Å². The normalized spacial score (nSPS) is 12.6. The average molecular weight is 303 g/mol. The molecule has 0 aliphatic carbocycles. The van der Waals surface area contributed by atoms with Crippen LogP contribution in [0.25, 0.3) is 0 Å². The Morgan fingerprint density at radius 2 is 1.84 bits per heavy atom. The van der Waals surface area contributed by atoms with Crippen molar-refractivity contribution in [2.75, 3.05) is 12.8 Å². The molecule has 4 nitrogen and oxygen atoms in total. The zero-order valence-corrected chi connectivity index (χ0v) is 13.1. The number of phenols is 1. The largest absolute Gasteiger partial charge is 0.507 e. The van der Waals surface area contributed by atoms with Crippen LogP contribution in [0.15, 0.2) is 29.2 Å². The van der Waals surface area contributed by atoms with Gasteiger partial charge in [-0.3, -0.25) is 0 Å². The molecule has 0 heterocycles. The van der Waals surface area contributed by atoms with Gasteiger partial charge in [-0.05, 0) is 31.2 Å². The van der Waals surface area contributed by atoms with Crippen molar-refractivity contribution < 1.29 is 13.5 Å². The lowest BCUT2D eigenvalue weighted by Gasteiger charge is -2.29. The minimum absolute atomic E-state index is 0.0720. The molecule has 0 unspecified atom stereocenters. The summed E-state index contributed by atoms with van der Waals surface area (Å²) < 4.78 is 26.8. The van der Waals surface area contributed by atoms with Crippen LogP contribution < -0.4 is 4.72 Å². The molecule has 0 saturated carbocycles. The Hall–Kier alpha value is -0.720. The number of hydrogen-bond donors (Lipinski definition) is 2. The van der Waals surface area contributed by atoms with Crippen molar-refractivity contribution in [3.8, 4) is 5.75 Å². The van der Waals surface area contributed by atoms with Crippen LogP contribution in [0.3, 0.4) is 0 Å². The number of hydrogen-bond acceptors (Lipinski definition) is 4. The van der Waals surface area contributed by atoms with Gasteiger partial charge in [-0.2, -0.15) is 11.8 Å².